The molecule has 1 amide bonds. The Morgan fingerprint density at radius 2 is 1.89 bits per heavy atom. The number of aryl methyl sites for hydroxylation is 1. The van der Waals surface area contributed by atoms with Crippen molar-refractivity contribution in [2.24, 2.45) is 10.7 Å². The predicted octanol–water partition coefficient (Wildman–Crippen LogP) is 4.00. The predicted molar refractivity (Wildman–Crippen MR) is 122 cm³/mol. The number of fused-ring (bicyclic) bond motifs is 1. The number of rotatable bonds is 5. The first-order chi connectivity index (χ1) is 12.7. The Kier molecular flexibility index (Phi) is 8.31. The number of halogens is 2. The summed E-state index contributed by atoms with van der Waals surface area (Å²) >= 11 is 1.59. The molecular formula is C20H26Cl2N4OS. The summed E-state index contributed by atoms with van der Waals surface area (Å²) in [6.07, 6.45) is 3.90. The lowest BCUT2D eigenvalue weighted by molar-refractivity contribution is -0.118. The van der Waals surface area contributed by atoms with Gasteiger partial charge in [0.25, 0.3) is 0 Å². The molecule has 28 heavy (non-hydrogen) atoms. The zero-order valence-electron chi connectivity index (χ0n) is 15.7. The van der Waals surface area contributed by atoms with Gasteiger partial charge in [0.2, 0.25) is 5.91 Å². The molecule has 4 rings (SSSR count). The summed E-state index contributed by atoms with van der Waals surface area (Å²) in [6, 6.07) is 10.0. The average Bonchev–Trinajstić information content (AvgIpc) is 3.35. The van der Waals surface area contributed by atoms with E-state index in [4.69, 9.17) is 5.73 Å². The Morgan fingerprint density at radius 1 is 1.11 bits per heavy atom. The third-order valence-electron chi connectivity index (χ3n) is 5.12. The highest BCUT2D eigenvalue weighted by molar-refractivity contribution is 7.12. The molecule has 0 unspecified atom stereocenters. The van der Waals surface area contributed by atoms with E-state index in [1.165, 1.54) is 18.4 Å². The minimum atomic E-state index is 0. The molecule has 0 radical (unpaired) electrons. The second-order valence-electron chi connectivity index (χ2n) is 6.88. The van der Waals surface area contributed by atoms with Gasteiger partial charge < -0.3 is 15.5 Å². The fourth-order valence-electron chi connectivity index (χ4n) is 3.73. The van der Waals surface area contributed by atoms with Crippen molar-refractivity contribution in [2.45, 2.75) is 25.7 Å². The molecule has 1 aromatic carbocycles. The van der Waals surface area contributed by atoms with E-state index in [2.05, 4.69) is 16.0 Å². The first-order valence-electron chi connectivity index (χ1n) is 9.24. The molecule has 0 atom stereocenters. The van der Waals surface area contributed by atoms with Crippen LogP contribution in [0.5, 0.6) is 0 Å². The van der Waals surface area contributed by atoms with Gasteiger partial charge in [-0.25, -0.2) is 4.99 Å². The van der Waals surface area contributed by atoms with Crippen LogP contribution in [0.25, 0.3) is 0 Å². The Balaban J connectivity index is 0.00000140. The van der Waals surface area contributed by atoms with E-state index >= 15 is 0 Å². The second-order valence-corrected chi connectivity index (χ2v) is 7.83. The number of carbonyl (C=O) groups is 1. The van der Waals surface area contributed by atoms with Crippen LogP contribution in [0, 0.1) is 0 Å². The maximum Gasteiger partial charge on any atom is 0.227 e. The summed E-state index contributed by atoms with van der Waals surface area (Å²) in [5.74, 6) is 0.767. The molecule has 8 heteroatoms. The molecule has 0 spiro atoms. The van der Waals surface area contributed by atoms with Crippen LogP contribution >= 0.6 is 36.2 Å². The molecule has 1 saturated heterocycles. The number of likely N-dealkylation sites (tertiary alicyclic amines) is 1. The van der Waals surface area contributed by atoms with Gasteiger partial charge in [0.15, 0.2) is 0 Å². The largest absolute Gasteiger partial charge is 0.383 e. The van der Waals surface area contributed by atoms with Crippen molar-refractivity contribution in [1.29, 1.82) is 0 Å². The first kappa shape index (κ1) is 22.7. The summed E-state index contributed by atoms with van der Waals surface area (Å²) in [5.41, 5.74) is 9.18. The van der Waals surface area contributed by atoms with Gasteiger partial charge in [-0.2, -0.15) is 0 Å². The minimum Gasteiger partial charge on any atom is -0.383 e. The molecule has 0 aliphatic carbocycles. The van der Waals surface area contributed by atoms with Crippen molar-refractivity contribution in [3.63, 3.8) is 0 Å². The molecule has 0 saturated carbocycles. The van der Waals surface area contributed by atoms with Crippen LogP contribution in [0.1, 0.15) is 29.7 Å². The van der Waals surface area contributed by atoms with E-state index < -0.39 is 0 Å². The van der Waals surface area contributed by atoms with Crippen molar-refractivity contribution in [3.8, 4) is 0 Å². The maximum atomic E-state index is 12.4. The van der Waals surface area contributed by atoms with Crippen LogP contribution in [-0.2, 0) is 11.2 Å². The third-order valence-corrected chi connectivity index (χ3v) is 6.02. The third kappa shape index (κ3) is 5.06. The van der Waals surface area contributed by atoms with Crippen LogP contribution in [0.3, 0.4) is 0 Å². The number of amides is 1. The highest BCUT2D eigenvalue weighted by Crippen LogP contribution is 2.31. The highest BCUT2D eigenvalue weighted by Gasteiger charge is 2.25. The first-order valence-corrected chi connectivity index (χ1v) is 10.1. The van der Waals surface area contributed by atoms with Crippen molar-refractivity contribution in [2.75, 3.05) is 31.1 Å². The maximum absolute atomic E-state index is 12.4. The Hall–Kier alpha value is -1.60. The summed E-state index contributed by atoms with van der Waals surface area (Å²) in [6.45, 7) is 4.04. The fourth-order valence-corrected chi connectivity index (χ4v) is 4.35. The highest BCUT2D eigenvalue weighted by atomic mass is 35.5. The number of aliphatic imine (C=N–C) groups is 1. The SMILES string of the molecule is Cl.Cl.NC(=Nc1ccc2c(c1)CCC(=O)N2CCN1CCCC1)c1cccs1. The van der Waals surface area contributed by atoms with Gasteiger partial charge in [-0.05, 0) is 67.6 Å². The standard InChI is InChI=1S/C20H24N4OS.2ClH/c21-20(18-4-3-13-26-18)22-16-6-7-17-15(14-16)5-8-19(25)24(17)12-11-23-9-1-2-10-23;;/h3-4,6-7,13-14H,1-2,5,8-12H2,(H2,21,22);2*1H. The number of benzene rings is 1. The van der Waals surface area contributed by atoms with Crippen LogP contribution < -0.4 is 10.6 Å². The van der Waals surface area contributed by atoms with Crippen molar-refractivity contribution in [1.82, 2.24) is 4.90 Å². The zero-order chi connectivity index (χ0) is 17.9. The van der Waals surface area contributed by atoms with E-state index in [1.54, 1.807) is 11.3 Å². The van der Waals surface area contributed by atoms with Gasteiger partial charge in [-0.15, -0.1) is 36.2 Å². The number of hydrogen-bond acceptors (Lipinski definition) is 4. The van der Waals surface area contributed by atoms with Crippen LogP contribution in [0.4, 0.5) is 11.4 Å². The Morgan fingerprint density at radius 3 is 2.61 bits per heavy atom. The molecule has 2 aliphatic heterocycles. The van der Waals surface area contributed by atoms with E-state index in [0.29, 0.717) is 12.3 Å². The van der Waals surface area contributed by atoms with Gasteiger partial charge in [0.05, 0.1) is 10.6 Å². The van der Waals surface area contributed by atoms with Gasteiger partial charge in [0, 0.05) is 25.2 Å². The number of amidine groups is 1. The summed E-state index contributed by atoms with van der Waals surface area (Å²) in [5, 5.41) is 1.99. The quantitative estimate of drug-likeness (QED) is 0.564. The van der Waals surface area contributed by atoms with Gasteiger partial charge >= 0.3 is 0 Å². The average molecular weight is 441 g/mol. The second kappa shape index (κ2) is 10.3. The molecule has 2 N–H and O–H groups in total. The van der Waals surface area contributed by atoms with Crippen LogP contribution in [-0.4, -0.2) is 42.8 Å². The molecular weight excluding hydrogens is 415 g/mol. The minimum absolute atomic E-state index is 0. The van der Waals surface area contributed by atoms with Crippen molar-refractivity contribution in [3.05, 3.63) is 46.2 Å². The number of hydrogen-bond donors (Lipinski definition) is 1. The molecule has 5 nitrogen and oxygen atoms in total. The number of nitrogens with zero attached hydrogens (tertiary/aromatic N) is 3. The number of carbonyl (C=O) groups excluding carboxylic acids is 1. The molecule has 0 bridgehead atoms. The smallest absolute Gasteiger partial charge is 0.227 e. The summed E-state index contributed by atoms with van der Waals surface area (Å²) in [7, 11) is 0. The zero-order valence-corrected chi connectivity index (χ0v) is 18.1. The van der Waals surface area contributed by atoms with Gasteiger partial charge in [0.1, 0.15) is 5.84 Å². The monoisotopic (exact) mass is 440 g/mol. The number of anilines is 1. The van der Waals surface area contributed by atoms with Crippen molar-refractivity contribution < 1.29 is 4.79 Å². The van der Waals surface area contributed by atoms with Crippen molar-refractivity contribution >= 4 is 59.3 Å². The molecule has 2 aromatic rings. The normalized spacial score (nSPS) is 17.1. The molecule has 1 fully saturated rings. The molecule has 3 heterocycles. The lowest BCUT2D eigenvalue weighted by Crippen LogP contribution is -2.40. The van der Waals surface area contributed by atoms with Gasteiger partial charge in [-0.1, -0.05) is 6.07 Å². The van der Waals surface area contributed by atoms with E-state index in [9.17, 15) is 4.79 Å². The Bertz CT molecular complexity index is 820. The molecule has 152 valence electrons. The van der Waals surface area contributed by atoms with E-state index in [1.807, 2.05) is 34.5 Å². The lowest BCUT2D eigenvalue weighted by Gasteiger charge is -2.31. The van der Waals surface area contributed by atoms with Crippen LogP contribution in [0.2, 0.25) is 0 Å². The summed E-state index contributed by atoms with van der Waals surface area (Å²) in [4.78, 5) is 22.4. The fraction of sp³-hybridized carbons (Fsp3) is 0.400. The van der Waals surface area contributed by atoms with Crippen LogP contribution in [0.15, 0.2) is 40.7 Å². The lowest BCUT2D eigenvalue weighted by atomic mass is 10.0. The molecule has 2 aliphatic rings. The topological polar surface area (TPSA) is 61.9 Å². The Labute approximate surface area is 182 Å². The van der Waals surface area contributed by atoms with E-state index in [-0.39, 0.29) is 30.7 Å². The molecule has 1 aromatic heterocycles. The van der Waals surface area contributed by atoms with E-state index in [0.717, 1.165) is 48.9 Å². The summed E-state index contributed by atoms with van der Waals surface area (Å²) < 4.78 is 0. The number of nitrogens with two attached hydrogens (primary N) is 1. The number of thiophene rings is 1. The van der Waals surface area contributed by atoms with Gasteiger partial charge in [-0.3, -0.25) is 4.79 Å².